The highest BCUT2D eigenvalue weighted by Gasteiger charge is 2.07. The summed E-state index contributed by atoms with van der Waals surface area (Å²) in [6.45, 7) is 7.32. The Kier molecular flexibility index (Phi) is 7.01. The molecule has 3 nitrogen and oxygen atoms in total. The molecule has 1 fully saturated rings. The van der Waals surface area contributed by atoms with Crippen LogP contribution in [0.15, 0.2) is 0 Å². The van der Waals surface area contributed by atoms with Crippen LogP contribution in [0, 0.1) is 0 Å². The van der Waals surface area contributed by atoms with Crippen LogP contribution in [0.1, 0.15) is 39.0 Å². The maximum absolute atomic E-state index is 5.48. The van der Waals surface area contributed by atoms with Gasteiger partial charge < -0.3 is 4.74 Å². The Balaban J connectivity index is 1.82. The van der Waals surface area contributed by atoms with Gasteiger partial charge in [0.1, 0.15) is 0 Å². The summed E-state index contributed by atoms with van der Waals surface area (Å²) in [7, 11) is 0. The van der Waals surface area contributed by atoms with Crippen LogP contribution >= 0.6 is 0 Å². The van der Waals surface area contributed by atoms with Crippen molar-refractivity contribution in [2.45, 2.75) is 39.0 Å². The molecule has 0 aliphatic carbocycles. The highest BCUT2D eigenvalue weighted by molar-refractivity contribution is 4.60. The second kappa shape index (κ2) is 8.21. The number of ether oxygens (including phenoxy) is 1. The highest BCUT2D eigenvalue weighted by atomic mass is 16.5. The van der Waals surface area contributed by atoms with Gasteiger partial charge in [0, 0.05) is 26.2 Å². The van der Waals surface area contributed by atoms with E-state index in [2.05, 4.69) is 17.4 Å². The molecule has 0 saturated carbocycles. The molecular weight excluding hydrogens is 176 g/mol. The molecule has 1 saturated heterocycles. The van der Waals surface area contributed by atoms with Gasteiger partial charge in [-0.05, 0) is 19.3 Å². The molecule has 0 spiro atoms. The van der Waals surface area contributed by atoms with Crippen molar-refractivity contribution in [1.29, 1.82) is 0 Å². The summed E-state index contributed by atoms with van der Waals surface area (Å²) in [5, 5.41) is 2.33. The first-order chi connectivity index (χ1) is 6.93. The monoisotopic (exact) mass is 200 g/mol. The van der Waals surface area contributed by atoms with Crippen molar-refractivity contribution in [1.82, 2.24) is 10.4 Å². The van der Waals surface area contributed by atoms with E-state index in [0.29, 0.717) is 0 Å². The zero-order valence-electron chi connectivity index (χ0n) is 9.43. The minimum atomic E-state index is 0.844. The molecule has 14 heavy (non-hydrogen) atoms. The molecule has 1 aliphatic rings. The van der Waals surface area contributed by atoms with E-state index >= 15 is 0 Å². The van der Waals surface area contributed by atoms with Crippen molar-refractivity contribution < 1.29 is 4.74 Å². The lowest BCUT2D eigenvalue weighted by Gasteiger charge is -2.26. The van der Waals surface area contributed by atoms with Crippen molar-refractivity contribution >= 4 is 0 Å². The minimum Gasteiger partial charge on any atom is -0.380 e. The smallest absolute Gasteiger partial charge is 0.0604 e. The number of unbranched alkanes of at least 4 members (excludes halogenated alkanes) is 1. The molecule has 0 amide bonds. The Labute approximate surface area is 87.8 Å². The molecule has 3 heteroatoms. The van der Waals surface area contributed by atoms with Crippen LogP contribution in [0.3, 0.4) is 0 Å². The molecule has 1 rings (SSSR count). The molecule has 0 unspecified atom stereocenters. The topological polar surface area (TPSA) is 24.5 Å². The molecule has 0 aromatic carbocycles. The molecule has 0 aromatic heterocycles. The molecule has 0 aromatic rings. The highest BCUT2D eigenvalue weighted by Crippen LogP contribution is 2.05. The third-order valence-electron chi connectivity index (χ3n) is 2.58. The van der Waals surface area contributed by atoms with E-state index < -0.39 is 0 Å². The average Bonchev–Trinajstić information content (AvgIpc) is 2.25. The van der Waals surface area contributed by atoms with Crippen molar-refractivity contribution in [3.05, 3.63) is 0 Å². The maximum atomic E-state index is 5.48. The molecule has 0 atom stereocenters. The molecule has 84 valence electrons. The van der Waals surface area contributed by atoms with E-state index in [1.54, 1.807) is 0 Å². The summed E-state index contributed by atoms with van der Waals surface area (Å²) in [6, 6.07) is 0. The average molecular weight is 200 g/mol. The quantitative estimate of drug-likeness (QED) is 0.634. The van der Waals surface area contributed by atoms with Crippen LogP contribution < -0.4 is 5.43 Å². The van der Waals surface area contributed by atoms with E-state index in [0.717, 1.165) is 19.8 Å². The van der Waals surface area contributed by atoms with Gasteiger partial charge in [0.2, 0.25) is 0 Å². The van der Waals surface area contributed by atoms with Crippen LogP contribution in [-0.4, -0.2) is 37.9 Å². The number of nitrogens with one attached hydrogen (secondary N) is 1. The van der Waals surface area contributed by atoms with Crippen LogP contribution in [0.25, 0.3) is 0 Å². The lowest BCUT2D eigenvalue weighted by Crippen LogP contribution is -2.43. The van der Waals surface area contributed by atoms with Gasteiger partial charge in [-0.1, -0.05) is 19.8 Å². The summed E-state index contributed by atoms with van der Waals surface area (Å²) in [5.74, 6) is 0. The fraction of sp³-hybridized carbons (Fsp3) is 1.00. The van der Waals surface area contributed by atoms with Gasteiger partial charge in [-0.25, -0.2) is 5.01 Å². The fourth-order valence-corrected chi connectivity index (χ4v) is 1.68. The second-order valence-corrected chi connectivity index (χ2v) is 3.92. The van der Waals surface area contributed by atoms with E-state index in [-0.39, 0.29) is 0 Å². The third-order valence-corrected chi connectivity index (χ3v) is 2.58. The van der Waals surface area contributed by atoms with Crippen LogP contribution in [0.4, 0.5) is 0 Å². The SMILES string of the molecule is CCCCOCCNN1CCCCC1. The summed E-state index contributed by atoms with van der Waals surface area (Å²) in [5.41, 5.74) is 3.41. The van der Waals surface area contributed by atoms with E-state index in [1.165, 1.54) is 45.2 Å². The Morgan fingerprint density at radius 2 is 1.93 bits per heavy atom. The molecule has 1 heterocycles. The summed E-state index contributed by atoms with van der Waals surface area (Å²) in [4.78, 5) is 0. The Morgan fingerprint density at radius 1 is 1.14 bits per heavy atom. The zero-order chi connectivity index (χ0) is 10.1. The number of hydrogen-bond acceptors (Lipinski definition) is 3. The summed E-state index contributed by atoms with van der Waals surface area (Å²) < 4.78 is 5.48. The van der Waals surface area contributed by atoms with Crippen molar-refractivity contribution in [3.8, 4) is 0 Å². The number of rotatable bonds is 7. The lowest BCUT2D eigenvalue weighted by molar-refractivity contribution is 0.0949. The van der Waals surface area contributed by atoms with Gasteiger partial charge in [0.15, 0.2) is 0 Å². The number of piperidine rings is 1. The summed E-state index contributed by atoms with van der Waals surface area (Å²) in [6.07, 6.45) is 6.47. The van der Waals surface area contributed by atoms with Gasteiger partial charge in [-0.3, -0.25) is 5.43 Å². The molecular formula is C11H24N2O. The van der Waals surface area contributed by atoms with Crippen LogP contribution in [0.5, 0.6) is 0 Å². The van der Waals surface area contributed by atoms with E-state index in [4.69, 9.17) is 4.74 Å². The van der Waals surface area contributed by atoms with Gasteiger partial charge in [0.25, 0.3) is 0 Å². The Bertz CT molecular complexity index is 124. The number of hydrazine groups is 1. The maximum Gasteiger partial charge on any atom is 0.0604 e. The van der Waals surface area contributed by atoms with E-state index in [1.807, 2.05) is 0 Å². The lowest BCUT2D eigenvalue weighted by atomic mass is 10.2. The Hall–Kier alpha value is -0.120. The van der Waals surface area contributed by atoms with Crippen molar-refractivity contribution in [2.24, 2.45) is 0 Å². The first-order valence-corrected chi connectivity index (χ1v) is 5.99. The van der Waals surface area contributed by atoms with Crippen LogP contribution in [-0.2, 0) is 4.74 Å². The largest absolute Gasteiger partial charge is 0.380 e. The number of nitrogens with zero attached hydrogens (tertiary/aromatic N) is 1. The van der Waals surface area contributed by atoms with E-state index in [9.17, 15) is 0 Å². The molecule has 1 aliphatic heterocycles. The third kappa shape index (κ3) is 5.58. The molecule has 0 bridgehead atoms. The van der Waals surface area contributed by atoms with Gasteiger partial charge in [-0.2, -0.15) is 0 Å². The molecule has 0 radical (unpaired) electrons. The minimum absolute atomic E-state index is 0.844. The van der Waals surface area contributed by atoms with Crippen molar-refractivity contribution in [3.63, 3.8) is 0 Å². The van der Waals surface area contributed by atoms with Gasteiger partial charge >= 0.3 is 0 Å². The van der Waals surface area contributed by atoms with Crippen LogP contribution in [0.2, 0.25) is 0 Å². The summed E-state index contributed by atoms with van der Waals surface area (Å²) >= 11 is 0. The fourth-order valence-electron chi connectivity index (χ4n) is 1.68. The van der Waals surface area contributed by atoms with Gasteiger partial charge in [0.05, 0.1) is 6.61 Å². The molecule has 1 N–H and O–H groups in total. The second-order valence-electron chi connectivity index (χ2n) is 3.92. The predicted octanol–water partition coefficient (Wildman–Crippen LogP) is 1.79. The normalized spacial score (nSPS) is 18.6. The standard InChI is InChI=1S/C11H24N2O/c1-2-3-10-14-11-7-12-13-8-5-4-6-9-13/h12H,2-11H2,1H3. The Morgan fingerprint density at radius 3 is 2.64 bits per heavy atom. The number of hydrogen-bond donors (Lipinski definition) is 1. The predicted molar refractivity (Wildman–Crippen MR) is 59.2 cm³/mol. The first-order valence-electron chi connectivity index (χ1n) is 5.99. The van der Waals surface area contributed by atoms with Gasteiger partial charge in [-0.15, -0.1) is 0 Å². The zero-order valence-corrected chi connectivity index (χ0v) is 9.43. The van der Waals surface area contributed by atoms with Crippen molar-refractivity contribution in [2.75, 3.05) is 32.8 Å². The first kappa shape index (κ1) is 12.0.